The molecule has 0 aliphatic heterocycles. The molecule has 29 heavy (non-hydrogen) atoms. The fourth-order valence-electron chi connectivity index (χ4n) is 4.13. The topological polar surface area (TPSA) is 54.2 Å². The number of aryl methyl sites for hydroxylation is 2. The molecular weight excluding hydrogens is 541 g/mol. The summed E-state index contributed by atoms with van der Waals surface area (Å²) in [6, 6.07) is 9.06. The minimum atomic E-state index is 0. The molecule has 0 saturated heterocycles. The molecule has 1 aromatic heterocycles. The average Bonchev–Trinajstić information content (AvgIpc) is 2.87. The number of benzene rings is 1. The Bertz CT molecular complexity index is 840. The summed E-state index contributed by atoms with van der Waals surface area (Å²) >= 11 is 3.54. The van der Waals surface area contributed by atoms with Crippen LogP contribution in [-0.2, 0) is 18.9 Å². The zero-order chi connectivity index (χ0) is 20.3. The molecule has 1 heterocycles. The highest BCUT2D eigenvalue weighted by molar-refractivity contribution is 14.0. The second-order valence-electron chi connectivity index (χ2n) is 8.09. The molecule has 1 atom stereocenters. The van der Waals surface area contributed by atoms with Crippen LogP contribution in [-0.4, -0.2) is 35.4 Å². The second kappa shape index (κ2) is 10.3. The van der Waals surface area contributed by atoms with Crippen molar-refractivity contribution < 1.29 is 0 Å². The minimum Gasteiger partial charge on any atom is -0.356 e. The summed E-state index contributed by atoms with van der Waals surface area (Å²) in [5.41, 5.74) is 5.30. The van der Waals surface area contributed by atoms with Gasteiger partial charge in [0.15, 0.2) is 5.96 Å². The van der Waals surface area contributed by atoms with Crippen molar-refractivity contribution in [2.45, 2.75) is 57.9 Å². The first-order valence-corrected chi connectivity index (χ1v) is 10.9. The zero-order valence-corrected chi connectivity index (χ0v) is 22.0. The van der Waals surface area contributed by atoms with E-state index in [0.717, 1.165) is 29.1 Å². The molecule has 1 unspecified atom stereocenters. The van der Waals surface area contributed by atoms with Crippen LogP contribution in [0.15, 0.2) is 33.7 Å². The summed E-state index contributed by atoms with van der Waals surface area (Å²) in [4.78, 5) is 4.46. The van der Waals surface area contributed by atoms with E-state index >= 15 is 0 Å². The predicted octanol–water partition coefficient (Wildman–Crippen LogP) is 4.64. The van der Waals surface area contributed by atoms with Crippen LogP contribution in [0.5, 0.6) is 0 Å². The van der Waals surface area contributed by atoms with E-state index in [-0.39, 0.29) is 35.4 Å². The van der Waals surface area contributed by atoms with Crippen LogP contribution in [0.1, 0.15) is 48.7 Å². The molecule has 1 aliphatic rings. The van der Waals surface area contributed by atoms with Crippen LogP contribution in [0.4, 0.5) is 0 Å². The molecule has 0 bridgehead atoms. The van der Waals surface area contributed by atoms with E-state index in [1.165, 1.54) is 36.1 Å². The van der Waals surface area contributed by atoms with Gasteiger partial charge in [-0.25, -0.2) is 0 Å². The molecule has 0 radical (unpaired) electrons. The van der Waals surface area contributed by atoms with Crippen molar-refractivity contribution >= 4 is 45.9 Å². The molecule has 1 aliphatic carbocycles. The quantitative estimate of drug-likeness (QED) is 0.301. The lowest BCUT2D eigenvalue weighted by atomic mass is 9.64. The van der Waals surface area contributed by atoms with Crippen LogP contribution < -0.4 is 10.6 Å². The van der Waals surface area contributed by atoms with Gasteiger partial charge in [-0.3, -0.25) is 9.67 Å². The normalized spacial score (nSPS) is 16.6. The lowest BCUT2D eigenvalue weighted by Crippen LogP contribution is -2.50. The Morgan fingerprint density at radius 3 is 2.41 bits per heavy atom. The van der Waals surface area contributed by atoms with Crippen LogP contribution in [0, 0.1) is 13.8 Å². The highest BCUT2D eigenvalue weighted by Crippen LogP contribution is 2.43. The van der Waals surface area contributed by atoms with Gasteiger partial charge < -0.3 is 10.6 Å². The minimum absolute atomic E-state index is 0. The summed E-state index contributed by atoms with van der Waals surface area (Å²) in [5, 5.41) is 11.7. The van der Waals surface area contributed by atoms with Crippen molar-refractivity contribution in [3.63, 3.8) is 0 Å². The summed E-state index contributed by atoms with van der Waals surface area (Å²) in [7, 11) is 3.85. The van der Waals surface area contributed by atoms with Crippen molar-refractivity contribution in [3.05, 3.63) is 51.3 Å². The van der Waals surface area contributed by atoms with Crippen LogP contribution in [0.25, 0.3) is 0 Å². The van der Waals surface area contributed by atoms with Crippen molar-refractivity contribution in [1.29, 1.82) is 0 Å². The molecule has 2 aromatic rings. The van der Waals surface area contributed by atoms with E-state index in [1.807, 2.05) is 18.8 Å². The van der Waals surface area contributed by atoms with Gasteiger partial charge in [0.25, 0.3) is 0 Å². The van der Waals surface area contributed by atoms with Crippen molar-refractivity contribution in [1.82, 2.24) is 20.4 Å². The van der Waals surface area contributed by atoms with Crippen LogP contribution in [0.2, 0.25) is 0 Å². The molecule has 7 heteroatoms. The van der Waals surface area contributed by atoms with Crippen molar-refractivity contribution in [2.75, 3.05) is 13.6 Å². The van der Waals surface area contributed by atoms with E-state index in [9.17, 15) is 0 Å². The molecule has 1 aromatic carbocycles. The van der Waals surface area contributed by atoms with Crippen molar-refractivity contribution in [2.24, 2.45) is 12.0 Å². The van der Waals surface area contributed by atoms with E-state index in [4.69, 9.17) is 0 Å². The third kappa shape index (κ3) is 5.54. The Hall–Kier alpha value is -1.09. The number of hydrogen-bond donors (Lipinski definition) is 2. The van der Waals surface area contributed by atoms with Gasteiger partial charge in [-0.1, -0.05) is 34.5 Å². The van der Waals surface area contributed by atoms with Gasteiger partial charge in [0.05, 0.1) is 5.69 Å². The van der Waals surface area contributed by atoms with E-state index in [2.05, 4.69) is 81.7 Å². The van der Waals surface area contributed by atoms with Gasteiger partial charge in [0, 0.05) is 42.3 Å². The number of hydrogen-bond acceptors (Lipinski definition) is 2. The number of aromatic nitrogens is 2. The van der Waals surface area contributed by atoms with Gasteiger partial charge >= 0.3 is 0 Å². The Labute approximate surface area is 200 Å². The smallest absolute Gasteiger partial charge is 0.191 e. The maximum atomic E-state index is 4.53. The van der Waals surface area contributed by atoms with E-state index in [0.29, 0.717) is 0 Å². The predicted molar refractivity (Wildman–Crippen MR) is 135 cm³/mol. The molecule has 1 fully saturated rings. The van der Waals surface area contributed by atoms with Crippen molar-refractivity contribution in [3.8, 4) is 0 Å². The second-order valence-corrected chi connectivity index (χ2v) is 9.00. The molecule has 3 rings (SSSR count). The standard InChI is InChI=1S/C22H32BrN5.HI/c1-15(13-20-16(2)27-28(5)17(20)3)26-21(24-4)25-14-22(11-6-12-22)18-7-9-19(23)10-8-18;/h7-10,15H,6,11-14H2,1-5H3,(H2,24,25,26);1H. The Morgan fingerprint density at radius 2 is 1.93 bits per heavy atom. The maximum Gasteiger partial charge on any atom is 0.191 e. The van der Waals surface area contributed by atoms with E-state index in [1.54, 1.807) is 0 Å². The first-order chi connectivity index (χ1) is 13.3. The first-order valence-electron chi connectivity index (χ1n) is 10.1. The number of guanidine groups is 1. The Morgan fingerprint density at radius 1 is 1.28 bits per heavy atom. The van der Waals surface area contributed by atoms with Crippen LogP contribution in [0.3, 0.4) is 0 Å². The molecule has 1 saturated carbocycles. The summed E-state index contributed by atoms with van der Waals surface area (Å²) in [6.45, 7) is 7.33. The molecular formula is C22H33BrIN5. The maximum absolute atomic E-state index is 4.53. The average molecular weight is 574 g/mol. The first kappa shape index (κ1) is 24.2. The molecule has 0 spiro atoms. The SMILES string of the molecule is CN=C(NCC1(c2ccc(Br)cc2)CCC1)NC(C)Cc1c(C)nn(C)c1C.I. The third-order valence-electron chi connectivity index (χ3n) is 6.14. The molecule has 2 N–H and O–H groups in total. The highest BCUT2D eigenvalue weighted by Gasteiger charge is 2.38. The summed E-state index contributed by atoms with van der Waals surface area (Å²) in [6.07, 6.45) is 4.67. The number of nitrogens with one attached hydrogen (secondary N) is 2. The van der Waals surface area contributed by atoms with Gasteiger partial charge in [-0.15, -0.1) is 24.0 Å². The fraction of sp³-hybridized carbons (Fsp3) is 0.545. The van der Waals surface area contributed by atoms with Crippen LogP contribution >= 0.6 is 39.9 Å². The van der Waals surface area contributed by atoms with Gasteiger partial charge in [-0.2, -0.15) is 5.10 Å². The lowest BCUT2D eigenvalue weighted by Gasteiger charge is -2.43. The summed E-state index contributed by atoms with van der Waals surface area (Å²) in [5.74, 6) is 0.870. The molecule has 160 valence electrons. The zero-order valence-electron chi connectivity index (χ0n) is 18.1. The lowest BCUT2D eigenvalue weighted by molar-refractivity contribution is 0.243. The van der Waals surface area contributed by atoms with Gasteiger partial charge in [0.1, 0.15) is 0 Å². The third-order valence-corrected chi connectivity index (χ3v) is 6.67. The number of nitrogens with zero attached hydrogens (tertiary/aromatic N) is 3. The Kier molecular flexibility index (Phi) is 8.58. The summed E-state index contributed by atoms with van der Waals surface area (Å²) < 4.78 is 3.09. The number of halogens is 2. The molecule has 5 nitrogen and oxygen atoms in total. The monoisotopic (exact) mass is 573 g/mol. The van der Waals surface area contributed by atoms with E-state index < -0.39 is 0 Å². The number of aliphatic imine (C=N–C) groups is 1. The Balaban J connectivity index is 0.00000300. The highest BCUT2D eigenvalue weighted by atomic mass is 127. The van der Waals surface area contributed by atoms with Gasteiger partial charge in [0.2, 0.25) is 0 Å². The largest absolute Gasteiger partial charge is 0.356 e. The van der Waals surface area contributed by atoms with Gasteiger partial charge in [-0.05, 0) is 63.3 Å². The molecule has 0 amide bonds. The number of rotatable bonds is 6. The fourth-order valence-corrected chi connectivity index (χ4v) is 4.39.